The molecule has 0 saturated heterocycles. The molecule has 31 heavy (non-hydrogen) atoms. The number of nitrogens with zero attached hydrogens (tertiary/aromatic N) is 2. The van der Waals surface area contributed by atoms with Gasteiger partial charge in [-0.05, 0) is 37.6 Å². The van der Waals surface area contributed by atoms with E-state index in [2.05, 4.69) is 4.98 Å². The lowest BCUT2D eigenvalue weighted by atomic mass is 10.1. The Kier molecular flexibility index (Phi) is 5.71. The topological polar surface area (TPSA) is 93.8 Å². The van der Waals surface area contributed by atoms with E-state index in [-0.39, 0.29) is 53.4 Å². The quantitative estimate of drug-likeness (QED) is 0.402. The molecule has 0 atom stereocenters. The third-order valence-electron chi connectivity index (χ3n) is 4.97. The smallest absolute Gasteiger partial charge is 0.362 e. The molecular weight excluding hydrogens is 422 g/mol. The summed E-state index contributed by atoms with van der Waals surface area (Å²) in [6.45, 7) is 3.91. The van der Waals surface area contributed by atoms with Crippen LogP contribution in [0.15, 0.2) is 48.8 Å². The van der Waals surface area contributed by atoms with Gasteiger partial charge in [0.2, 0.25) is 5.88 Å². The van der Waals surface area contributed by atoms with Crippen molar-refractivity contribution in [2.75, 3.05) is 13.2 Å². The fourth-order valence-electron chi connectivity index (χ4n) is 3.72. The molecule has 2 heterocycles. The van der Waals surface area contributed by atoms with Gasteiger partial charge in [0.15, 0.2) is 5.75 Å². The lowest BCUT2D eigenvalue weighted by molar-refractivity contribution is 0.230. The average molecular weight is 444 g/mol. The molecule has 0 amide bonds. The largest absolute Gasteiger partial charge is 0.505 e. The molecule has 0 aliphatic carbocycles. The fraction of sp³-hybridized carbons (Fsp3) is 0.227. The van der Waals surface area contributed by atoms with Gasteiger partial charge in [-0.3, -0.25) is 9.55 Å². The normalized spacial score (nSPS) is 12.1. The van der Waals surface area contributed by atoms with E-state index in [1.807, 2.05) is 0 Å². The SMILES string of the molecule is CCOP(=O)(OCC)c1c2cccnc2c(O)c2c(O)n(Cc3ccc(F)cc3)cc12. The molecule has 4 rings (SSSR count). The lowest BCUT2D eigenvalue weighted by Gasteiger charge is -2.20. The molecule has 0 aliphatic rings. The van der Waals surface area contributed by atoms with Crippen molar-refractivity contribution in [1.29, 1.82) is 0 Å². The monoisotopic (exact) mass is 444 g/mol. The van der Waals surface area contributed by atoms with E-state index in [4.69, 9.17) is 9.05 Å². The first-order chi connectivity index (χ1) is 14.9. The van der Waals surface area contributed by atoms with Crippen LogP contribution in [0.2, 0.25) is 0 Å². The number of hydrogen-bond donors (Lipinski definition) is 2. The van der Waals surface area contributed by atoms with E-state index in [9.17, 15) is 19.2 Å². The Bertz CT molecular complexity index is 1290. The van der Waals surface area contributed by atoms with Crippen molar-refractivity contribution >= 4 is 34.6 Å². The van der Waals surface area contributed by atoms with Gasteiger partial charge in [-0.1, -0.05) is 18.2 Å². The fourth-order valence-corrected chi connectivity index (χ4v) is 5.67. The van der Waals surface area contributed by atoms with E-state index >= 15 is 0 Å². The van der Waals surface area contributed by atoms with Crippen molar-refractivity contribution in [2.45, 2.75) is 20.4 Å². The molecule has 0 unspecified atom stereocenters. The Morgan fingerprint density at radius 2 is 1.74 bits per heavy atom. The van der Waals surface area contributed by atoms with Gasteiger partial charge in [-0.15, -0.1) is 0 Å². The minimum atomic E-state index is -3.80. The first-order valence-electron chi connectivity index (χ1n) is 9.85. The van der Waals surface area contributed by atoms with Crippen LogP contribution in [0.4, 0.5) is 4.39 Å². The summed E-state index contributed by atoms with van der Waals surface area (Å²) >= 11 is 0. The molecule has 162 valence electrons. The highest BCUT2D eigenvalue weighted by Gasteiger charge is 2.34. The van der Waals surface area contributed by atoms with Crippen LogP contribution in [0.1, 0.15) is 19.4 Å². The highest BCUT2D eigenvalue weighted by Crippen LogP contribution is 2.53. The van der Waals surface area contributed by atoms with Crippen LogP contribution >= 0.6 is 7.60 Å². The Balaban J connectivity index is 2.03. The summed E-state index contributed by atoms with van der Waals surface area (Å²) in [5.74, 6) is -0.827. The third-order valence-corrected chi connectivity index (χ3v) is 7.19. The summed E-state index contributed by atoms with van der Waals surface area (Å²) in [5, 5.41) is 22.9. The van der Waals surface area contributed by atoms with Crippen LogP contribution < -0.4 is 5.30 Å². The number of halogens is 1. The zero-order valence-electron chi connectivity index (χ0n) is 17.1. The first-order valence-corrected chi connectivity index (χ1v) is 11.4. The van der Waals surface area contributed by atoms with E-state index < -0.39 is 7.60 Å². The summed E-state index contributed by atoms with van der Waals surface area (Å²) in [7, 11) is -3.80. The molecule has 0 spiro atoms. The zero-order valence-corrected chi connectivity index (χ0v) is 18.0. The van der Waals surface area contributed by atoms with Gasteiger partial charge in [0, 0.05) is 23.2 Å². The predicted octanol–water partition coefficient (Wildman–Crippen LogP) is 4.68. The Morgan fingerprint density at radius 3 is 2.39 bits per heavy atom. The van der Waals surface area contributed by atoms with Crippen LogP contribution in [0.3, 0.4) is 0 Å². The molecule has 0 aliphatic heterocycles. The van der Waals surface area contributed by atoms with Crippen LogP contribution in [-0.4, -0.2) is 33.0 Å². The van der Waals surface area contributed by atoms with Gasteiger partial charge in [-0.25, -0.2) is 4.39 Å². The second-order valence-electron chi connectivity index (χ2n) is 6.93. The second-order valence-corrected chi connectivity index (χ2v) is 8.88. The van der Waals surface area contributed by atoms with E-state index in [0.29, 0.717) is 10.8 Å². The highest BCUT2D eigenvalue weighted by atomic mass is 31.2. The molecule has 0 radical (unpaired) electrons. The highest BCUT2D eigenvalue weighted by molar-refractivity contribution is 7.63. The minimum absolute atomic E-state index is 0.0999. The standard InChI is InChI=1S/C22H22FN2O5P/c1-3-29-31(28,30-4-2)21-16-6-5-11-24-19(16)20(26)18-17(21)13-25(22(18)27)12-14-7-9-15(23)10-8-14/h5-11,13,26-27H,3-4,12H2,1-2H3. The second kappa shape index (κ2) is 8.30. The Morgan fingerprint density at radius 1 is 1.06 bits per heavy atom. The molecule has 4 aromatic rings. The van der Waals surface area contributed by atoms with Crippen molar-refractivity contribution in [3.8, 4) is 11.6 Å². The number of aromatic nitrogens is 2. The number of hydrogen-bond acceptors (Lipinski definition) is 6. The molecule has 2 N–H and O–H groups in total. The molecule has 2 aromatic heterocycles. The molecule has 2 aromatic carbocycles. The molecule has 0 saturated carbocycles. The molecular formula is C22H22FN2O5P. The number of aromatic hydroxyl groups is 2. The van der Waals surface area contributed by atoms with E-state index in [1.165, 1.54) is 22.9 Å². The third kappa shape index (κ3) is 3.67. The van der Waals surface area contributed by atoms with Crippen LogP contribution in [0.25, 0.3) is 21.7 Å². The Labute approximate surface area is 178 Å². The number of fused-ring (bicyclic) bond motifs is 2. The van der Waals surface area contributed by atoms with Gasteiger partial charge in [0.1, 0.15) is 11.3 Å². The number of phenols is 1. The van der Waals surface area contributed by atoms with Crippen molar-refractivity contribution < 1.29 is 28.2 Å². The van der Waals surface area contributed by atoms with Crippen molar-refractivity contribution in [3.63, 3.8) is 0 Å². The maximum absolute atomic E-state index is 13.8. The summed E-state index contributed by atoms with van der Waals surface area (Å²) in [5.41, 5.74) is 0.915. The van der Waals surface area contributed by atoms with Gasteiger partial charge >= 0.3 is 7.60 Å². The molecule has 9 heteroatoms. The average Bonchev–Trinajstić information content (AvgIpc) is 3.06. The predicted molar refractivity (Wildman–Crippen MR) is 117 cm³/mol. The molecule has 0 fully saturated rings. The maximum atomic E-state index is 13.8. The van der Waals surface area contributed by atoms with Gasteiger partial charge < -0.3 is 23.8 Å². The van der Waals surface area contributed by atoms with Gasteiger partial charge in [0.05, 0.1) is 30.4 Å². The molecule has 0 bridgehead atoms. The zero-order chi connectivity index (χ0) is 22.2. The lowest BCUT2D eigenvalue weighted by Crippen LogP contribution is -2.13. The number of phenolic OH excluding ortho intramolecular Hbond substituents is 1. The van der Waals surface area contributed by atoms with Gasteiger partial charge in [-0.2, -0.15) is 0 Å². The minimum Gasteiger partial charge on any atom is -0.505 e. The van der Waals surface area contributed by atoms with Crippen LogP contribution in [0.5, 0.6) is 11.6 Å². The maximum Gasteiger partial charge on any atom is 0.362 e. The van der Waals surface area contributed by atoms with Crippen LogP contribution in [0, 0.1) is 5.82 Å². The number of rotatable bonds is 7. The van der Waals surface area contributed by atoms with Gasteiger partial charge in [0.25, 0.3) is 0 Å². The van der Waals surface area contributed by atoms with Crippen LogP contribution in [-0.2, 0) is 20.2 Å². The summed E-state index contributed by atoms with van der Waals surface area (Å²) in [6.07, 6.45) is 3.08. The van der Waals surface area contributed by atoms with Crippen molar-refractivity contribution in [1.82, 2.24) is 9.55 Å². The van der Waals surface area contributed by atoms with E-state index in [0.717, 1.165) is 5.56 Å². The van der Waals surface area contributed by atoms with Crippen molar-refractivity contribution in [2.24, 2.45) is 0 Å². The summed E-state index contributed by atoms with van der Waals surface area (Å²) < 4.78 is 39.7. The van der Waals surface area contributed by atoms with E-state index in [1.54, 1.807) is 44.3 Å². The summed E-state index contributed by atoms with van der Waals surface area (Å²) in [6, 6.07) is 9.20. The Hall–Kier alpha value is -2.93. The first kappa shape index (κ1) is 21.3. The summed E-state index contributed by atoms with van der Waals surface area (Å²) in [4.78, 5) is 4.23. The number of pyridine rings is 1. The molecule has 7 nitrogen and oxygen atoms in total. The van der Waals surface area contributed by atoms with Crippen molar-refractivity contribution in [3.05, 3.63) is 60.2 Å². The number of benzene rings is 2.